The van der Waals surface area contributed by atoms with Crippen LogP contribution in [0.2, 0.25) is 0 Å². The van der Waals surface area contributed by atoms with E-state index >= 15 is 0 Å². The van der Waals surface area contributed by atoms with Gasteiger partial charge in [-0.15, -0.1) is 10.2 Å². The molecule has 7 heteroatoms. The quantitative estimate of drug-likeness (QED) is 0.479. The van der Waals surface area contributed by atoms with Crippen LogP contribution in [-0.2, 0) is 11.8 Å². The monoisotopic (exact) mass is 406 g/mol. The first-order valence-electron chi connectivity index (χ1n) is 9.13. The molecule has 1 amide bonds. The van der Waals surface area contributed by atoms with E-state index in [0.29, 0.717) is 11.0 Å². The number of nitrogens with zero attached hydrogens (tertiary/aromatic N) is 3. The maximum Gasteiger partial charge on any atom is 0.237 e. The van der Waals surface area contributed by atoms with Gasteiger partial charge in [0.25, 0.3) is 0 Å². The third-order valence-electron chi connectivity index (χ3n) is 4.61. The van der Waals surface area contributed by atoms with E-state index < -0.39 is 0 Å². The summed E-state index contributed by atoms with van der Waals surface area (Å²) < 4.78 is 14.9. The second kappa shape index (κ2) is 8.05. The lowest BCUT2D eigenvalue weighted by molar-refractivity contribution is -0.115. The number of fused-ring (bicyclic) bond motifs is 1. The minimum absolute atomic E-state index is 0.114. The predicted octanol–water partition coefficient (Wildman–Crippen LogP) is 4.89. The van der Waals surface area contributed by atoms with E-state index in [1.807, 2.05) is 56.4 Å². The lowest BCUT2D eigenvalue weighted by Gasteiger charge is -2.12. The smallest absolute Gasteiger partial charge is 0.237 e. The molecule has 0 unspecified atom stereocenters. The van der Waals surface area contributed by atoms with E-state index in [-0.39, 0.29) is 17.0 Å². The summed E-state index contributed by atoms with van der Waals surface area (Å²) in [6.45, 7) is 1.83. The van der Waals surface area contributed by atoms with Crippen molar-refractivity contribution in [2.45, 2.75) is 17.3 Å². The molecule has 4 rings (SSSR count). The van der Waals surface area contributed by atoms with Crippen LogP contribution in [0.15, 0.2) is 71.9 Å². The molecule has 0 saturated carbocycles. The number of carbonyl (C=O) groups is 1. The number of aromatic nitrogens is 3. The third kappa shape index (κ3) is 4.14. The second-order valence-electron chi connectivity index (χ2n) is 6.68. The van der Waals surface area contributed by atoms with Crippen LogP contribution in [0.1, 0.15) is 6.92 Å². The standard InChI is InChI=1S/C22H19FN4OS/c1-14(21(28)24-19-12-9-15-5-3-4-6-17(15)13-19)29-22-26-25-20(27(22)2)16-7-10-18(23)11-8-16/h3-14H,1-2H3,(H,24,28)/t14-/m1/s1. The van der Waals surface area contributed by atoms with Crippen molar-refractivity contribution in [3.63, 3.8) is 0 Å². The minimum atomic E-state index is -0.370. The Labute approximate surface area is 172 Å². The van der Waals surface area contributed by atoms with Crippen molar-refractivity contribution < 1.29 is 9.18 Å². The van der Waals surface area contributed by atoms with Crippen LogP contribution in [0.4, 0.5) is 10.1 Å². The molecule has 1 N–H and O–H groups in total. The Balaban J connectivity index is 1.46. The molecule has 4 aromatic rings. The summed E-state index contributed by atoms with van der Waals surface area (Å²) in [4.78, 5) is 12.6. The molecular formula is C22H19FN4OS. The number of thioether (sulfide) groups is 1. The van der Waals surface area contributed by atoms with Crippen LogP contribution in [0, 0.1) is 5.82 Å². The lowest BCUT2D eigenvalue weighted by Crippen LogP contribution is -2.22. The van der Waals surface area contributed by atoms with Gasteiger partial charge in [0.2, 0.25) is 5.91 Å². The largest absolute Gasteiger partial charge is 0.325 e. The summed E-state index contributed by atoms with van der Waals surface area (Å²) in [6.07, 6.45) is 0. The highest BCUT2D eigenvalue weighted by Crippen LogP contribution is 2.27. The fraction of sp³-hybridized carbons (Fsp3) is 0.136. The van der Waals surface area contributed by atoms with Gasteiger partial charge in [-0.05, 0) is 54.1 Å². The van der Waals surface area contributed by atoms with Gasteiger partial charge in [-0.1, -0.05) is 42.1 Å². The summed E-state index contributed by atoms with van der Waals surface area (Å²) in [5, 5.41) is 13.8. The van der Waals surface area contributed by atoms with Gasteiger partial charge in [0.1, 0.15) is 5.82 Å². The van der Waals surface area contributed by atoms with Gasteiger partial charge in [-0.3, -0.25) is 4.79 Å². The number of carbonyl (C=O) groups excluding carboxylic acids is 1. The molecule has 1 aromatic heterocycles. The molecule has 3 aromatic carbocycles. The highest BCUT2D eigenvalue weighted by atomic mass is 32.2. The van der Waals surface area contributed by atoms with E-state index in [1.54, 1.807) is 16.7 Å². The van der Waals surface area contributed by atoms with Crippen molar-refractivity contribution in [1.82, 2.24) is 14.8 Å². The zero-order valence-corrected chi connectivity index (χ0v) is 16.8. The molecule has 0 bridgehead atoms. The van der Waals surface area contributed by atoms with E-state index in [2.05, 4.69) is 15.5 Å². The summed E-state index contributed by atoms with van der Waals surface area (Å²) in [6, 6.07) is 19.9. The summed E-state index contributed by atoms with van der Waals surface area (Å²) >= 11 is 1.32. The van der Waals surface area contributed by atoms with Gasteiger partial charge in [-0.25, -0.2) is 4.39 Å². The Morgan fingerprint density at radius 2 is 1.76 bits per heavy atom. The van der Waals surface area contributed by atoms with Crippen LogP contribution in [0.25, 0.3) is 22.2 Å². The molecule has 0 aliphatic rings. The Kier molecular flexibility index (Phi) is 5.31. The number of amides is 1. The first kappa shape index (κ1) is 19.1. The molecule has 0 aliphatic heterocycles. The highest BCUT2D eigenvalue weighted by Gasteiger charge is 2.19. The van der Waals surface area contributed by atoms with Gasteiger partial charge < -0.3 is 9.88 Å². The maximum absolute atomic E-state index is 13.1. The lowest BCUT2D eigenvalue weighted by atomic mass is 10.1. The average Bonchev–Trinajstić information content (AvgIpc) is 3.08. The number of rotatable bonds is 5. The molecule has 5 nitrogen and oxygen atoms in total. The first-order valence-corrected chi connectivity index (χ1v) is 10.0. The predicted molar refractivity (Wildman–Crippen MR) is 114 cm³/mol. The first-order chi connectivity index (χ1) is 14.0. The fourth-order valence-electron chi connectivity index (χ4n) is 2.99. The Bertz CT molecular complexity index is 1170. The molecule has 0 spiro atoms. The van der Waals surface area contributed by atoms with Gasteiger partial charge in [-0.2, -0.15) is 0 Å². The zero-order valence-electron chi connectivity index (χ0n) is 16.0. The van der Waals surface area contributed by atoms with Crippen LogP contribution in [0.5, 0.6) is 0 Å². The van der Waals surface area contributed by atoms with Gasteiger partial charge in [0.05, 0.1) is 5.25 Å². The molecule has 0 fully saturated rings. The summed E-state index contributed by atoms with van der Waals surface area (Å²) in [5.41, 5.74) is 1.52. The molecule has 0 saturated heterocycles. The number of halogens is 1. The topological polar surface area (TPSA) is 59.8 Å². The van der Waals surface area contributed by atoms with Crippen LogP contribution in [-0.4, -0.2) is 25.9 Å². The number of nitrogens with one attached hydrogen (secondary N) is 1. The highest BCUT2D eigenvalue weighted by molar-refractivity contribution is 8.00. The molecule has 0 aliphatic carbocycles. The van der Waals surface area contributed by atoms with Gasteiger partial charge in [0, 0.05) is 18.3 Å². The second-order valence-corrected chi connectivity index (χ2v) is 7.99. The summed E-state index contributed by atoms with van der Waals surface area (Å²) in [5.74, 6) is 0.204. The van der Waals surface area contributed by atoms with E-state index in [1.165, 1.54) is 23.9 Å². The van der Waals surface area contributed by atoms with Gasteiger partial charge >= 0.3 is 0 Å². The number of benzene rings is 3. The van der Waals surface area contributed by atoms with Crippen molar-refractivity contribution in [3.8, 4) is 11.4 Å². The molecule has 29 heavy (non-hydrogen) atoms. The van der Waals surface area contributed by atoms with Crippen molar-refractivity contribution in [2.75, 3.05) is 5.32 Å². The van der Waals surface area contributed by atoms with Crippen LogP contribution >= 0.6 is 11.8 Å². The zero-order chi connectivity index (χ0) is 20.4. The number of anilines is 1. The van der Waals surface area contributed by atoms with Crippen molar-refractivity contribution >= 4 is 34.1 Å². The van der Waals surface area contributed by atoms with Crippen LogP contribution in [0.3, 0.4) is 0 Å². The van der Waals surface area contributed by atoms with E-state index in [4.69, 9.17) is 0 Å². The van der Waals surface area contributed by atoms with Crippen molar-refractivity contribution in [3.05, 3.63) is 72.5 Å². The summed E-state index contributed by atoms with van der Waals surface area (Å²) in [7, 11) is 1.83. The molecule has 1 atom stereocenters. The number of hydrogen-bond donors (Lipinski definition) is 1. The molecular weight excluding hydrogens is 387 g/mol. The van der Waals surface area contributed by atoms with Crippen LogP contribution < -0.4 is 5.32 Å². The van der Waals surface area contributed by atoms with Crippen molar-refractivity contribution in [1.29, 1.82) is 0 Å². The Morgan fingerprint density at radius 1 is 1.03 bits per heavy atom. The normalized spacial score (nSPS) is 12.1. The van der Waals surface area contributed by atoms with Crippen molar-refractivity contribution in [2.24, 2.45) is 7.05 Å². The molecule has 0 radical (unpaired) electrons. The molecule has 1 heterocycles. The Hall–Kier alpha value is -3.19. The minimum Gasteiger partial charge on any atom is -0.325 e. The number of hydrogen-bond acceptors (Lipinski definition) is 4. The third-order valence-corrected chi connectivity index (χ3v) is 5.74. The fourth-order valence-corrected chi connectivity index (χ4v) is 3.81. The maximum atomic E-state index is 13.1. The Morgan fingerprint density at radius 3 is 2.52 bits per heavy atom. The molecule has 146 valence electrons. The van der Waals surface area contributed by atoms with Gasteiger partial charge in [0.15, 0.2) is 11.0 Å². The SMILES string of the molecule is C[C@@H](Sc1nnc(-c2ccc(F)cc2)n1C)C(=O)Nc1ccc2ccccc2c1. The van der Waals surface area contributed by atoms with E-state index in [9.17, 15) is 9.18 Å². The average molecular weight is 406 g/mol. The van der Waals surface area contributed by atoms with E-state index in [0.717, 1.165) is 22.0 Å².